The summed E-state index contributed by atoms with van der Waals surface area (Å²) >= 11 is 0. The lowest BCUT2D eigenvalue weighted by Crippen LogP contribution is -2.12. The van der Waals surface area contributed by atoms with Crippen LogP contribution in [0.3, 0.4) is 0 Å². The van der Waals surface area contributed by atoms with E-state index in [1.807, 2.05) is 26.0 Å². The first kappa shape index (κ1) is 14.8. The number of furan rings is 1. The molecular weight excluding hydrogens is 292 g/mol. The molecule has 0 radical (unpaired) electrons. The summed E-state index contributed by atoms with van der Waals surface area (Å²) in [6.45, 7) is 4.08. The molecule has 3 aromatic rings. The van der Waals surface area contributed by atoms with Crippen molar-refractivity contribution in [2.24, 2.45) is 0 Å². The molecule has 0 spiro atoms. The summed E-state index contributed by atoms with van der Waals surface area (Å²) in [5, 5.41) is 13.9. The number of hydrogen-bond donors (Lipinski definition) is 2. The zero-order valence-electron chi connectivity index (χ0n) is 12.8. The van der Waals surface area contributed by atoms with Crippen LogP contribution in [0.5, 0.6) is 0 Å². The number of nitrogens with zero attached hydrogens (tertiary/aromatic N) is 2. The highest BCUT2D eigenvalue weighted by Crippen LogP contribution is 2.20. The van der Waals surface area contributed by atoms with Crippen LogP contribution < -0.4 is 10.6 Å². The maximum atomic E-state index is 11.8. The molecule has 0 atom stereocenters. The van der Waals surface area contributed by atoms with E-state index in [1.54, 1.807) is 24.3 Å². The van der Waals surface area contributed by atoms with Crippen LogP contribution in [0.4, 0.5) is 17.3 Å². The van der Waals surface area contributed by atoms with Crippen molar-refractivity contribution in [1.82, 2.24) is 10.2 Å². The molecular formula is C17H16N4O2. The maximum absolute atomic E-state index is 11.8. The third kappa shape index (κ3) is 3.55. The Morgan fingerprint density at radius 2 is 1.83 bits per heavy atom. The van der Waals surface area contributed by atoms with Gasteiger partial charge in [0.2, 0.25) is 0 Å². The Labute approximate surface area is 133 Å². The first-order valence-corrected chi connectivity index (χ1v) is 7.15. The summed E-state index contributed by atoms with van der Waals surface area (Å²) < 4.78 is 5.02. The molecule has 0 fully saturated rings. The predicted molar refractivity (Wildman–Crippen MR) is 87.9 cm³/mol. The molecule has 0 aliphatic heterocycles. The van der Waals surface area contributed by atoms with Gasteiger partial charge in [-0.2, -0.15) is 0 Å². The predicted octanol–water partition coefficient (Wildman–Crippen LogP) is 3.68. The van der Waals surface area contributed by atoms with Crippen molar-refractivity contribution in [3.63, 3.8) is 0 Å². The second-order valence-electron chi connectivity index (χ2n) is 5.18. The van der Waals surface area contributed by atoms with E-state index in [0.29, 0.717) is 11.6 Å². The minimum absolute atomic E-state index is 0.226. The lowest BCUT2D eigenvalue weighted by Gasteiger charge is -2.09. The molecule has 0 aliphatic rings. The summed E-state index contributed by atoms with van der Waals surface area (Å²) in [7, 11) is 0. The van der Waals surface area contributed by atoms with Crippen LogP contribution >= 0.6 is 0 Å². The Bertz CT molecular complexity index is 811. The molecule has 0 aliphatic carbocycles. The van der Waals surface area contributed by atoms with Crippen molar-refractivity contribution in [2.75, 3.05) is 10.6 Å². The van der Waals surface area contributed by atoms with Gasteiger partial charge in [-0.25, -0.2) is 0 Å². The van der Waals surface area contributed by atoms with E-state index in [-0.39, 0.29) is 11.7 Å². The Morgan fingerprint density at radius 1 is 1.04 bits per heavy atom. The molecule has 116 valence electrons. The Balaban J connectivity index is 1.68. The van der Waals surface area contributed by atoms with Gasteiger partial charge in [-0.3, -0.25) is 4.79 Å². The Morgan fingerprint density at radius 3 is 2.48 bits per heavy atom. The molecule has 2 N–H and O–H groups in total. The van der Waals surface area contributed by atoms with Crippen molar-refractivity contribution < 1.29 is 9.21 Å². The van der Waals surface area contributed by atoms with E-state index in [4.69, 9.17) is 4.42 Å². The number of carbonyl (C=O) groups is 1. The zero-order valence-corrected chi connectivity index (χ0v) is 12.8. The smallest absolute Gasteiger partial charge is 0.292 e. The van der Waals surface area contributed by atoms with Gasteiger partial charge in [-0.1, -0.05) is 17.7 Å². The number of rotatable bonds is 4. The van der Waals surface area contributed by atoms with Gasteiger partial charge in [0.05, 0.1) is 6.26 Å². The first-order valence-electron chi connectivity index (χ1n) is 7.15. The zero-order chi connectivity index (χ0) is 16.2. The molecule has 1 amide bonds. The van der Waals surface area contributed by atoms with Crippen molar-refractivity contribution in [3.8, 4) is 0 Å². The fourth-order valence-corrected chi connectivity index (χ4v) is 2.14. The average molecular weight is 308 g/mol. The van der Waals surface area contributed by atoms with Crippen molar-refractivity contribution in [1.29, 1.82) is 0 Å². The van der Waals surface area contributed by atoms with Gasteiger partial charge < -0.3 is 15.1 Å². The van der Waals surface area contributed by atoms with Gasteiger partial charge in [0.15, 0.2) is 17.4 Å². The number of anilines is 3. The normalized spacial score (nSPS) is 10.3. The van der Waals surface area contributed by atoms with Crippen LogP contribution in [-0.4, -0.2) is 16.1 Å². The third-order valence-electron chi connectivity index (χ3n) is 3.30. The second-order valence-corrected chi connectivity index (χ2v) is 5.18. The molecule has 23 heavy (non-hydrogen) atoms. The average Bonchev–Trinajstić information content (AvgIpc) is 3.06. The van der Waals surface area contributed by atoms with Crippen LogP contribution in [0.2, 0.25) is 0 Å². The molecule has 6 nitrogen and oxygen atoms in total. The molecule has 0 saturated carbocycles. The molecule has 2 aromatic heterocycles. The Kier molecular flexibility index (Phi) is 4.05. The Hall–Kier alpha value is -3.15. The van der Waals surface area contributed by atoms with Crippen molar-refractivity contribution >= 4 is 23.2 Å². The van der Waals surface area contributed by atoms with Crippen molar-refractivity contribution in [3.05, 3.63) is 65.6 Å². The number of benzene rings is 1. The number of nitrogens with one attached hydrogen (secondary N) is 2. The lowest BCUT2D eigenvalue weighted by atomic mass is 10.1. The van der Waals surface area contributed by atoms with E-state index in [0.717, 1.165) is 11.3 Å². The van der Waals surface area contributed by atoms with Crippen LogP contribution in [0.25, 0.3) is 0 Å². The van der Waals surface area contributed by atoms with Gasteiger partial charge in [0.25, 0.3) is 5.91 Å². The summed E-state index contributed by atoms with van der Waals surface area (Å²) in [6, 6.07) is 12.8. The van der Waals surface area contributed by atoms with Gasteiger partial charge >= 0.3 is 0 Å². The van der Waals surface area contributed by atoms with Crippen LogP contribution in [0.15, 0.2) is 53.1 Å². The van der Waals surface area contributed by atoms with Gasteiger partial charge in [-0.05, 0) is 49.7 Å². The fourth-order valence-electron chi connectivity index (χ4n) is 2.14. The van der Waals surface area contributed by atoms with Crippen LogP contribution in [0, 0.1) is 13.8 Å². The largest absolute Gasteiger partial charge is 0.459 e. The molecule has 1 aromatic carbocycles. The minimum atomic E-state index is -0.362. The van der Waals surface area contributed by atoms with Gasteiger partial charge in [0, 0.05) is 5.69 Å². The summed E-state index contributed by atoms with van der Waals surface area (Å²) in [6.07, 6.45) is 1.44. The number of hydrogen-bond acceptors (Lipinski definition) is 5. The standard InChI is InChI=1S/C17H16N4O2/c1-11-5-6-13(12(2)10-11)18-15-7-8-16(21-20-15)19-17(22)14-4-3-9-23-14/h3-10H,1-2H3,(H,18,20)(H,19,21,22). The third-order valence-corrected chi connectivity index (χ3v) is 3.30. The van der Waals surface area contributed by atoms with E-state index in [1.165, 1.54) is 11.8 Å². The molecule has 0 bridgehead atoms. The number of aryl methyl sites for hydroxylation is 2. The lowest BCUT2D eigenvalue weighted by molar-refractivity contribution is 0.0996. The summed E-state index contributed by atoms with van der Waals surface area (Å²) in [5.74, 6) is 0.828. The highest BCUT2D eigenvalue weighted by Gasteiger charge is 2.09. The topological polar surface area (TPSA) is 80.0 Å². The number of carbonyl (C=O) groups excluding carboxylic acids is 1. The molecule has 0 saturated heterocycles. The van der Waals surface area contributed by atoms with E-state index < -0.39 is 0 Å². The number of amides is 1. The van der Waals surface area contributed by atoms with E-state index >= 15 is 0 Å². The minimum Gasteiger partial charge on any atom is -0.459 e. The highest BCUT2D eigenvalue weighted by atomic mass is 16.3. The maximum Gasteiger partial charge on any atom is 0.292 e. The van der Waals surface area contributed by atoms with Crippen LogP contribution in [0.1, 0.15) is 21.7 Å². The quantitative estimate of drug-likeness (QED) is 0.768. The van der Waals surface area contributed by atoms with Crippen molar-refractivity contribution in [2.45, 2.75) is 13.8 Å². The summed E-state index contributed by atoms with van der Waals surface area (Å²) in [5.41, 5.74) is 3.30. The van der Waals surface area contributed by atoms with E-state index in [2.05, 4.69) is 26.9 Å². The van der Waals surface area contributed by atoms with E-state index in [9.17, 15) is 4.79 Å². The van der Waals surface area contributed by atoms with Gasteiger partial charge in [-0.15, -0.1) is 10.2 Å². The molecule has 0 unspecified atom stereocenters. The SMILES string of the molecule is Cc1ccc(Nc2ccc(NC(=O)c3ccco3)nn2)c(C)c1. The first-order chi connectivity index (χ1) is 11.1. The monoisotopic (exact) mass is 308 g/mol. The van der Waals surface area contributed by atoms with Crippen LogP contribution in [-0.2, 0) is 0 Å². The molecule has 6 heteroatoms. The van der Waals surface area contributed by atoms with Gasteiger partial charge in [0.1, 0.15) is 0 Å². The number of aromatic nitrogens is 2. The summed E-state index contributed by atoms with van der Waals surface area (Å²) in [4.78, 5) is 11.8. The fraction of sp³-hybridized carbons (Fsp3) is 0.118. The second kappa shape index (κ2) is 6.31. The molecule has 3 rings (SSSR count). The molecule has 2 heterocycles. The highest BCUT2D eigenvalue weighted by molar-refractivity contribution is 6.01.